The summed E-state index contributed by atoms with van der Waals surface area (Å²) in [5.41, 5.74) is 4.71. The second-order valence-corrected chi connectivity index (χ2v) is 7.96. The van der Waals surface area contributed by atoms with E-state index in [2.05, 4.69) is 28.9 Å². The molecule has 4 aromatic rings. The monoisotopic (exact) mass is 417 g/mol. The molecule has 0 atom stereocenters. The highest BCUT2D eigenvalue weighted by molar-refractivity contribution is 5.86. The number of nitrogens with zero attached hydrogens (tertiary/aromatic N) is 5. The lowest BCUT2D eigenvalue weighted by Crippen LogP contribution is -2.37. The van der Waals surface area contributed by atoms with Crippen LogP contribution in [0.5, 0.6) is 0 Å². The fraction of sp³-hybridized carbons (Fsp3) is 0.375. The Morgan fingerprint density at radius 1 is 1.06 bits per heavy atom. The number of aryl methyl sites for hydroxylation is 2. The zero-order valence-corrected chi connectivity index (χ0v) is 17.8. The van der Waals surface area contributed by atoms with Crippen LogP contribution >= 0.6 is 0 Å². The van der Waals surface area contributed by atoms with Crippen LogP contribution in [-0.4, -0.2) is 56.9 Å². The maximum atomic E-state index is 13.1. The standard InChI is InChI=1S/C24H27N5O2/c1-2-20-22(18-7-4-3-5-8-18)23-25-17-19-21(29(23)26-20)9-12-28(24(19)30)11-6-10-27-13-15-31-16-14-27/h3-5,7-9,12,17H,2,6,10-11,13-16H2,1H3. The van der Waals surface area contributed by atoms with Gasteiger partial charge in [0.1, 0.15) is 0 Å². The molecule has 7 nitrogen and oxygen atoms in total. The van der Waals surface area contributed by atoms with Gasteiger partial charge in [0.15, 0.2) is 5.65 Å². The van der Waals surface area contributed by atoms with Crippen molar-refractivity contribution in [3.05, 3.63) is 64.8 Å². The molecule has 0 bridgehead atoms. The summed E-state index contributed by atoms with van der Waals surface area (Å²) in [5.74, 6) is 0. The highest BCUT2D eigenvalue weighted by Crippen LogP contribution is 2.29. The van der Waals surface area contributed by atoms with E-state index < -0.39 is 0 Å². The van der Waals surface area contributed by atoms with Crippen molar-refractivity contribution in [2.24, 2.45) is 0 Å². The number of benzene rings is 1. The number of hydrogen-bond donors (Lipinski definition) is 0. The van der Waals surface area contributed by atoms with Gasteiger partial charge in [-0.05, 0) is 24.5 Å². The summed E-state index contributed by atoms with van der Waals surface area (Å²) >= 11 is 0. The van der Waals surface area contributed by atoms with Crippen LogP contribution in [0.15, 0.2) is 53.6 Å². The summed E-state index contributed by atoms with van der Waals surface area (Å²) in [6.07, 6.45) is 5.33. The molecule has 0 N–H and O–H groups in total. The molecule has 1 saturated heterocycles. The van der Waals surface area contributed by atoms with E-state index in [1.165, 1.54) is 0 Å². The Hall–Kier alpha value is -3.03. The second kappa shape index (κ2) is 8.61. The van der Waals surface area contributed by atoms with E-state index in [0.717, 1.165) is 73.7 Å². The molecular formula is C24H27N5O2. The largest absolute Gasteiger partial charge is 0.379 e. The highest BCUT2D eigenvalue weighted by atomic mass is 16.5. The van der Waals surface area contributed by atoms with E-state index in [9.17, 15) is 4.79 Å². The van der Waals surface area contributed by atoms with Crippen molar-refractivity contribution in [1.82, 2.24) is 24.1 Å². The minimum atomic E-state index is -0.0105. The number of hydrogen-bond acceptors (Lipinski definition) is 5. The number of morpholine rings is 1. The van der Waals surface area contributed by atoms with Crippen LogP contribution in [-0.2, 0) is 17.7 Å². The molecule has 0 aliphatic carbocycles. The van der Waals surface area contributed by atoms with Gasteiger partial charge in [-0.25, -0.2) is 9.50 Å². The molecule has 3 aromatic heterocycles. The fourth-order valence-corrected chi connectivity index (χ4v) is 4.37. The molecule has 1 aliphatic rings. The number of rotatable bonds is 6. The predicted octanol–water partition coefficient (Wildman–Crippen LogP) is 3.00. The van der Waals surface area contributed by atoms with E-state index in [1.807, 2.05) is 35.0 Å². The van der Waals surface area contributed by atoms with Gasteiger partial charge in [0.05, 0.1) is 29.8 Å². The van der Waals surface area contributed by atoms with Gasteiger partial charge in [-0.1, -0.05) is 37.3 Å². The molecule has 0 radical (unpaired) electrons. The Labute approximate surface area is 180 Å². The number of aromatic nitrogens is 4. The van der Waals surface area contributed by atoms with Gasteiger partial charge in [-0.2, -0.15) is 5.10 Å². The van der Waals surface area contributed by atoms with Crippen LogP contribution in [0, 0.1) is 0 Å². The van der Waals surface area contributed by atoms with Crippen molar-refractivity contribution in [3.8, 4) is 11.1 Å². The minimum absolute atomic E-state index is 0.0105. The van der Waals surface area contributed by atoms with Gasteiger partial charge in [0.25, 0.3) is 5.56 Å². The molecule has 31 heavy (non-hydrogen) atoms. The molecule has 0 saturated carbocycles. The molecule has 1 aromatic carbocycles. The van der Waals surface area contributed by atoms with Gasteiger partial charge in [-0.15, -0.1) is 0 Å². The first-order valence-electron chi connectivity index (χ1n) is 11.0. The zero-order valence-electron chi connectivity index (χ0n) is 17.8. The van der Waals surface area contributed by atoms with E-state index in [1.54, 1.807) is 10.8 Å². The molecule has 7 heteroatoms. The third-order valence-corrected chi connectivity index (χ3v) is 6.03. The van der Waals surface area contributed by atoms with Crippen molar-refractivity contribution in [3.63, 3.8) is 0 Å². The Morgan fingerprint density at radius 3 is 2.65 bits per heavy atom. The smallest absolute Gasteiger partial charge is 0.261 e. The minimum Gasteiger partial charge on any atom is -0.379 e. The van der Waals surface area contributed by atoms with E-state index in [4.69, 9.17) is 9.84 Å². The van der Waals surface area contributed by atoms with Crippen LogP contribution in [0.2, 0.25) is 0 Å². The highest BCUT2D eigenvalue weighted by Gasteiger charge is 2.17. The lowest BCUT2D eigenvalue weighted by Gasteiger charge is -2.26. The maximum Gasteiger partial charge on any atom is 0.261 e. The molecular weight excluding hydrogens is 390 g/mol. The van der Waals surface area contributed by atoms with Crippen molar-refractivity contribution in [2.45, 2.75) is 26.3 Å². The Morgan fingerprint density at radius 2 is 1.87 bits per heavy atom. The van der Waals surface area contributed by atoms with Crippen LogP contribution in [0.4, 0.5) is 0 Å². The van der Waals surface area contributed by atoms with Crippen LogP contribution in [0.3, 0.4) is 0 Å². The first kappa shape index (κ1) is 19.9. The molecule has 0 spiro atoms. The third-order valence-electron chi connectivity index (χ3n) is 6.03. The first-order chi connectivity index (χ1) is 15.3. The van der Waals surface area contributed by atoms with Crippen LogP contribution < -0.4 is 5.56 Å². The van der Waals surface area contributed by atoms with Crippen LogP contribution in [0.25, 0.3) is 27.7 Å². The van der Waals surface area contributed by atoms with Gasteiger partial charge < -0.3 is 9.30 Å². The summed E-state index contributed by atoms with van der Waals surface area (Å²) in [7, 11) is 0. The number of pyridine rings is 1. The molecule has 1 aliphatic heterocycles. The second-order valence-electron chi connectivity index (χ2n) is 7.96. The van der Waals surface area contributed by atoms with Gasteiger partial charge in [-0.3, -0.25) is 9.69 Å². The summed E-state index contributed by atoms with van der Waals surface area (Å²) in [4.78, 5) is 20.2. The Balaban J connectivity index is 1.49. The van der Waals surface area contributed by atoms with Crippen molar-refractivity contribution >= 4 is 16.6 Å². The lowest BCUT2D eigenvalue weighted by molar-refractivity contribution is 0.0369. The molecule has 0 amide bonds. The lowest BCUT2D eigenvalue weighted by atomic mass is 10.0. The first-order valence-corrected chi connectivity index (χ1v) is 11.0. The van der Waals surface area contributed by atoms with E-state index in [0.29, 0.717) is 11.9 Å². The van der Waals surface area contributed by atoms with Gasteiger partial charge >= 0.3 is 0 Å². The van der Waals surface area contributed by atoms with Gasteiger partial charge in [0, 0.05) is 44.1 Å². The van der Waals surface area contributed by atoms with Crippen molar-refractivity contribution in [1.29, 1.82) is 0 Å². The molecule has 4 heterocycles. The topological polar surface area (TPSA) is 64.7 Å². The van der Waals surface area contributed by atoms with Crippen molar-refractivity contribution < 1.29 is 4.74 Å². The Kier molecular flexibility index (Phi) is 5.53. The third kappa shape index (κ3) is 3.75. The van der Waals surface area contributed by atoms with Crippen molar-refractivity contribution in [2.75, 3.05) is 32.8 Å². The number of ether oxygens (including phenoxy) is 1. The summed E-state index contributed by atoms with van der Waals surface area (Å²) < 4.78 is 9.02. The fourth-order valence-electron chi connectivity index (χ4n) is 4.37. The Bertz CT molecular complexity index is 1260. The molecule has 5 rings (SSSR count). The normalized spacial score (nSPS) is 15.1. The average Bonchev–Trinajstić information content (AvgIpc) is 3.21. The van der Waals surface area contributed by atoms with E-state index >= 15 is 0 Å². The predicted molar refractivity (Wildman–Crippen MR) is 121 cm³/mol. The quantitative estimate of drug-likeness (QED) is 0.483. The molecule has 1 fully saturated rings. The average molecular weight is 418 g/mol. The van der Waals surface area contributed by atoms with Crippen LogP contribution in [0.1, 0.15) is 19.0 Å². The summed E-state index contributed by atoms with van der Waals surface area (Å²) in [6.45, 7) is 7.30. The van der Waals surface area contributed by atoms with E-state index in [-0.39, 0.29) is 5.56 Å². The maximum absolute atomic E-state index is 13.1. The zero-order chi connectivity index (χ0) is 21.2. The SMILES string of the molecule is CCc1nn2c(ncc3c(=O)n(CCCN4CCOCC4)ccc32)c1-c1ccccc1. The molecule has 0 unspecified atom stereocenters. The molecule has 160 valence electrons. The number of fused-ring (bicyclic) bond motifs is 3. The summed E-state index contributed by atoms with van der Waals surface area (Å²) in [5, 5.41) is 5.42. The summed E-state index contributed by atoms with van der Waals surface area (Å²) in [6, 6.07) is 12.2. The van der Waals surface area contributed by atoms with Gasteiger partial charge in [0.2, 0.25) is 0 Å².